The van der Waals surface area contributed by atoms with Crippen LogP contribution in [0.1, 0.15) is 11.3 Å². The van der Waals surface area contributed by atoms with E-state index in [2.05, 4.69) is 15.0 Å². The number of guanidine groups is 1. The number of aliphatic imine (C=N–C) groups is 1. The number of halogens is 3. The van der Waals surface area contributed by atoms with Crippen LogP contribution in [0.25, 0.3) is 11.0 Å². The van der Waals surface area contributed by atoms with Crippen molar-refractivity contribution in [3.63, 3.8) is 0 Å². The summed E-state index contributed by atoms with van der Waals surface area (Å²) in [6, 6.07) is 12.9. The molecule has 8 heteroatoms. The van der Waals surface area contributed by atoms with Crippen molar-refractivity contribution < 1.29 is 22.3 Å². The summed E-state index contributed by atoms with van der Waals surface area (Å²) < 4.78 is 46.0. The highest BCUT2D eigenvalue weighted by atomic mass is 19.4. The maximum absolute atomic E-state index is 12.1. The molecule has 1 aromatic heterocycles. The van der Waals surface area contributed by atoms with Crippen molar-refractivity contribution in [3.05, 3.63) is 59.9 Å². The third-order valence-corrected chi connectivity index (χ3v) is 3.70. The standard InChI is InChI=1S/C18H16F3N3O2/c1-11-14-4-2-3-5-15(14)25-16(11)10-23-17(22)24-12-6-8-13(9-7-12)26-18(19,20)21/h2-9H,10H2,1H3,(H3,22,23,24). The summed E-state index contributed by atoms with van der Waals surface area (Å²) in [5.74, 6) is 0.510. The second-order valence-corrected chi connectivity index (χ2v) is 5.55. The van der Waals surface area contributed by atoms with Gasteiger partial charge in [0.1, 0.15) is 23.6 Å². The minimum atomic E-state index is -4.72. The molecule has 1 heterocycles. The molecule has 2 aromatic carbocycles. The predicted molar refractivity (Wildman–Crippen MR) is 93.0 cm³/mol. The number of nitrogens with two attached hydrogens (primary N) is 1. The van der Waals surface area contributed by atoms with Gasteiger partial charge >= 0.3 is 6.36 Å². The molecular weight excluding hydrogens is 347 g/mol. The maximum Gasteiger partial charge on any atom is 0.573 e. The molecule has 0 aliphatic rings. The zero-order valence-corrected chi connectivity index (χ0v) is 13.8. The van der Waals surface area contributed by atoms with Crippen LogP contribution in [0, 0.1) is 6.92 Å². The van der Waals surface area contributed by atoms with Crippen LogP contribution in [-0.4, -0.2) is 12.3 Å². The summed E-state index contributed by atoms with van der Waals surface area (Å²) in [5.41, 5.74) is 8.08. The van der Waals surface area contributed by atoms with Crippen molar-refractivity contribution in [1.82, 2.24) is 0 Å². The number of nitrogens with zero attached hydrogens (tertiary/aromatic N) is 1. The fourth-order valence-corrected chi connectivity index (χ4v) is 2.46. The molecule has 5 nitrogen and oxygen atoms in total. The molecule has 0 aliphatic carbocycles. The lowest BCUT2D eigenvalue weighted by atomic mass is 10.1. The number of furan rings is 1. The number of benzene rings is 2. The fraction of sp³-hybridized carbons (Fsp3) is 0.167. The van der Waals surface area contributed by atoms with E-state index in [1.165, 1.54) is 24.3 Å². The van der Waals surface area contributed by atoms with Gasteiger partial charge in [-0.2, -0.15) is 0 Å². The Labute approximate surface area is 147 Å². The molecule has 3 N–H and O–H groups in total. The smallest absolute Gasteiger partial charge is 0.459 e. The van der Waals surface area contributed by atoms with Crippen LogP contribution in [0.15, 0.2) is 57.9 Å². The van der Waals surface area contributed by atoms with Crippen molar-refractivity contribution in [2.45, 2.75) is 19.8 Å². The van der Waals surface area contributed by atoms with Gasteiger partial charge < -0.3 is 20.2 Å². The second kappa shape index (κ2) is 6.99. The first-order valence-electron chi connectivity index (χ1n) is 7.71. The Morgan fingerprint density at radius 1 is 1.15 bits per heavy atom. The molecular formula is C18H16F3N3O2. The van der Waals surface area contributed by atoms with Crippen molar-refractivity contribution in [2.75, 3.05) is 5.32 Å². The monoisotopic (exact) mass is 363 g/mol. The molecule has 0 amide bonds. The molecule has 0 radical (unpaired) electrons. The number of anilines is 1. The highest BCUT2D eigenvalue weighted by Gasteiger charge is 2.30. The lowest BCUT2D eigenvalue weighted by Gasteiger charge is -2.10. The Morgan fingerprint density at radius 3 is 2.50 bits per heavy atom. The van der Waals surface area contributed by atoms with Crippen LogP contribution < -0.4 is 15.8 Å². The lowest BCUT2D eigenvalue weighted by molar-refractivity contribution is -0.274. The van der Waals surface area contributed by atoms with Gasteiger partial charge in [-0.05, 0) is 37.3 Å². The molecule has 0 unspecified atom stereocenters. The predicted octanol–water partition coefficient (Wildman–Crippen LogP) is 4.57. The molecule has 0 spiro atoms. The number of alkyl halides is 3. The van der Waals surface area contributed by atoms with Gasteiger partial charge in [-0.15, -0.1) is 13.2 Å². The third kappa shape index (κ3) is 4.27. The summed E-state index contributed by atoms with van der Waals surface area (Å²) in [4.78, 5) is 4.21. The number of hydrogen-bond acceptors (Lipinski definition) is 3. The number of hydrogen-bond donors (Lipinski definition) is 2. The fourth-order valence-electron chi connectivity index (χ4n) is 2.46. The van der Waals surface area contributed by atoms with E-state index < -0.39 is 6.36 Å². The molecule has 0 fully saturated rings. The first kappa shape index (κ1) is 17.7. The van der Waals surface area contributed by atoms with E-state index in [-0.39, 0.29) is 18.3 Å². The topological polar surface area (TPSA) is 72.8 Å². The van der Waals surface area contributed by atoms with Crippen molar-refractivity contribution >= 4 is 22.6 Å². The Balaban J connectivity index is 1.65. The van der Waals surface area contributed by atoms with E-state index in [9.17, 15) is 13.2 Å². The van der Waals surface area contributed by atoms with E-state index in [0.717, 1.165) is 16.5 Å². The van der Waals surface area contributed by atoms with Crippen LogP contribution in [0.4, 0.5) is 18.9 Å². The SMILES string of the molecule is Cc1c(CN=C(N)Nc2ccc(OC(F)(F)F)cc2)oc2ccccc12. The Hall–Kier alpha value is -3.16. The molecule has 0 saturated heterocycles. The van der Waals surface area contributed by atoms with E-state index in [1.807, 2.05) is 31.2 Å². The molecule has 0 saturated carbocycles. The molecule has 136 valence electrons. The number of aryl methyl sites for hydroxylation is 1. The summed E-state index contributed by atoms with van der Waals surface area (Å²) in [7, 11) is 0. The van der Waals surface area contributed by atoms with Crippen molar-refractivity contribution in [3.8, 4) is 5.75 Å². The largest absolute Gasteiger partial charge is 0.573 e. The van der Waals surface area contributed by atoms with E-state index in [0.29, 0.717) is 11.4 Å². The quantitative estimate of drug-likeness (QED) is 0.526. The second-order valence-electron chi connectivity index (χ2n) is 5.55. The van der Waals surface area contributed by atoms with Crippen LogP contribution in [0.2, 0.25) is 0 Å². The summed E-state index contributed by atoms with van der Waals surface area (Å²) in [6.07, 6.45) is -4.72. The normalized spacial score (nSPS) is 12.4. The summed E-state index contributed by atoms with van der Waals surface area (Å²) in [5, 5.41) is 3.82. The van der Waals surface area contributed by atoms with Gasteiger partial charge in [-0.1, -0.05) is 18.2 Å². The highest BCUT2D eigenvalue weighted by Crippen LogP contribution is 2.26. The molecule has 26 heavy (non-hydrogen) atoms. The highest BCUT2D eigenvalue weighted by molar-refractivity contribution is 5.92. The number of rotatable bonds is 4. The van der Waals surface area contributed by atoms with Crippen molar-refractivity contribution in [1.29, 1.82) is 0 Å². The van der Waals surface area contributed by atoms with Crippen LogP contribution in [0.5, 0.6) is 5.75 Å². The zero-order valence-electron chi connectivity index (χ0n) is 13.8. The van der Waals surface area contributed by atoms with Gasteiger partial charge in [0.15, 0.2) is 5.96 Å². The Morgan fingerprint density at radius 2 is 1.85 bits per heavy atom. The van der Waals surface area contributed by atoms with Gasteiger partial charge in [0.05, 0.1) is 0 Å². The molecule has 0 bridgehead atoms. The molecule has 0 atom stereocenters. The Bertz CT molecular complexity index is 931. The minimum absolute atomic E-state index is 0.120. The number of fused-ring (bicyclic) bond motifs is 1. The minimum Gasteiger partial charge on any atom is -0.459 e. The van der Waals surface area contributed by atoms with Gasteiger partial charge in [-0.25, -0.2) is 4.99 Å². The summed E-state index contributed by atoms with van der Waals surface area (Å²) in [6.45, 7) is 2.19. The van der Waals surface area contributed by atoms with Gasteiger partial charge in [0, 0.05) is 16.6 Å². The first-order chi connectivity index (χ1) is 12.3. The van der Waals surface area contributed by atoms with Crippen LogP contribution >= 0.6 is 0 Å². The van der Waals surface area contributed by atoms with E-state index in [4.69, 9.17) is 10.2 Å². The maximum atomic E-state index is 12.1. The van der Waals surface area contributed by atoms with Gasteiger partial charge in [0.25, 0.3) is 0 Å². The molecule has 3 aromatic rings. The zero-order chi connectivity index (χ0) is 18.7. The molecule has 3 rings (SSSR count). The Kier molecular flexibility index (Phi) is 4.75. The number of nitrogens with one attached hydrogen (secondary N) is 1. The third-order valence-electron chi connectivity index (χ3n) is 3.70. The average molecular weight is 363 g/mol. The van der Waals surface area contributed by atoms with Crippen LogP contribution in [0.3, 0.4) is 0 Å². The average Bonchev–Trinajstić information content (AvgIpc) is 2.90. The van der Waals surface area contributed by atoms with Gasteiger partial charge in [-0.3, -0.25) is 0 Å². The van der Waals surface area contributed by atoms with E-state index in [1.54, 1.807) is 0 Å². The lowest BCUT2D eigenvalue weighted by Crippen LogP contribution is -2.22. The van der Waals surface area contributed by atoms with Crippen molar-refractivity contribution in [2.24, 2.45) is 10.7 Å². The van der Waals surface area contributed by atoms with Crippen LogP contribution in [-0.2, 0) is 6.54 Å². The molecule has 0 aliphatic heterocycles. The first-order valence-corrected chi connectivity index (χ1v) is 7.71. The van der Waals surface area contributed by atoms with Gasteiger partial charge in [0.2, 0.25) is 0 Å². The summed E-state index contributed by atoms with van der Waals surface area (Å²) >= 11 is 0. The number of ether oxygens (including phenoxy) is 1. The number of para-hydroxylation sites is 1. The van der Waals surface area contributed by atoms with E-state index >= 15 is 0 Å².